The number of nitrogens with zero attached hydrogens (tertiary/aromatic N) is 2. The lowest BCUT2D eigenvalue weighted by molar-refractivity contribution is 0.161. The number of allylic oxidation sites excluding steroid dienone is 1. The van der Waals surface area contributed by atoms with Crippen LogP contribution in [0.25, 0.3) is 10.8 Å². The van der Waals surface area contributed by atoms with Crippen molar-refractivity contribution >= 4 is 26.5 Å². The number of hydrogen-bond acceptors (Lipinski definition) is 5. The smallest absolute Gasteiger partial charge is 0.264 e. The minimum atomic E-state index is -3.75. The molecule has 0 fully saturated rings. The highest BCUT2D eigenvalue weighted by Gasteiger charge is 2.25. The van der Waals surface area contributed by atoms with E-state index in [4.69, 9.17) is 4.74 Å². The number of nitrogens with one attached hydrogen (secondary N) is 1. The maximum atomic E-state index is 12.9. The van der Waals surface area contributed by atoms with Crippen molar-refractivity contribution in [3.63, 3.8) is 0 Å². The molecule has 0 unspecified atom stereocenters. The summed E-state index contributed by atoms with van der Waals surface area (Å²) in [4.78, 5) is 4.04. The Morgan fingerprint density at radius 2 is 1.79 bits per heavy atom. The summed E-state index contributed by atoms with van der Waals surface area (Å²) in [6.45, 7) is 2.15. The van der Waals surface area contributed by atoms with Crippen LogP contribution in [0.1, 0.15) is 6.92 Å². The Balaban J connectivity index is 2.11. The number of ether oxygens (including phenoxy) is 1. The van der Waals surface area contributed by atoms with Gasteiger partial charge in [-0.15, -0.1) is 0 Å². The van der Waals surface area contributed by atoms with Crippen LogP contribution in [0, 0.1) is 0 Å². The summed E-state index contributed by atoms with van der Waals surface area (Å²) in [7, 11) is 1.97. The zero-order valence-corrected chi connectivity index (χ0v) is 15.0. The number of anilines is 1. The second kappa shape index (κ2) is 5.90. The molecule has 2 aromatic carbocycles. The Kier molecular flexibility index (Phi) is 4.04. The number of fused-ring (bicyclic) bond motifs is 1. The van der Waals surface area contributed by atoms with Crippen LogP contribution in [-0.4, -0.2) is 41.2 Å². The summed E-state index contributed by atoms with van der Waals surface area (Å²) in [6, 6.07) is 10.9. The SMILES string of the molecule is CC1=C(NS(=O)(=O)c2cccc3c(N(C)C)cccc23)OCN1C. The molecule has 7 heteroatoms. The summed E-state index contributed by atoms with van der Waals surface area (Å²) < 4.78 is 33.7. The topological polar surface area (TPSA) is 61.9 Å². The van der Waals surface area contributed by atoms with E-state index in [0.717, 1.165) is 16.8 Å². The third kappa shape index (κ3) is 2.75. The fraction of sp³-hybridized carbons (Fsp3) is 0.294. The van der Waals surface area contributed by atoms with Gasteiger partial charge in [-0.25, -0.2) is 13.1 Å². The van der Waals surface area contributed by atoms with Gasteiger partial charge in [0.25, 0.3) is 10.0 Å². The molecule has 1 aliphatic rings. The summed E-state index contributed by atoms with van der Waals surface area (Å²) in [5, 5.41) is 1.57. The zero-order chi connectivity index (χ0) is 17.5. The maximum absolute atomic E-state index is 12.9. The second-order valence-electron chi connectivity index (χ2n) is 6.01. The van der Waals surface area contributed by atoms with Gasteiger partial charge in [-0.05, 0) is 19.1 Å². The van der Waals surface area contributed by atoms with Gasteiger partial charge in [0, 0.05) is 37.6 Å². The van der Waals surface area contributed by atoms with Crippen molar-refractivity contribution in [3.8, 4) is 0 Å². The Hall–Kier alpha value is -2.41. The van der Waals surface area contributed by atoms with Crippen molar-refractivity contribution < 1.29 is 13.2 Å². The predicted octanol–water partition coefficient (Wildman–Crippen LogP) is 2.29. The quantitative estimate of drug-likeness (QED) is 0.919. The Morgan fingerprint density at radius 1 is 1.12 bits per heavy atom. The first-order chi connectivity index (χ1) is 11.3. The summed E-state index contributed by atoms with van der Waals surface area (Å²) in [6.07, 6.45) is 0. The lowest BCUT2D eigenvalue weighted by Gasteiger charge is -2.17. The third-order valence-electron chi connectivity index (χ3n) is 4.16. The molecular formula is C17H21N3O3S. The molecule has 0 spiro atoms. The normalized spacial score (nSPS) is 14.9. The van der Waals surface area contributed by atoms with Crippen molar-refractivity contribution in [2.24, 2.45) is 0 Å². The molecule has 0 saturated heterocycles. The van der Waals surface area contributed by atoms with Gasteiger partial charge >= 0.3 is 0 Å². The lowest BCUT2D eigenvalue weighted by atomic mass is 10.1. The molecule has 24 heavy (non-hydrogen) atoms. The van der Waals surface area contributed by atoms with Gasteiger partial charge < -0.3 is 14.5 Å². The average Bonchev–Trinajstić information content (AvgIpc) is 2.85. The molecule has 0 atom stereocenters. The van der Waals surface area contributed by atoms with Crippen LogP contribution in [0.15, 0.2) is 52.9 Å². The first-order valence-electron chi connectivity index (χ1n) is 7.58. The number of hydrogen-bond donors (Lipinski definition) is 1. The van der Waals surface area contributed by atoms with Gasteiger partial charge in [-0.1, -0.05) is 24.3 Å². The molecule has 1 aliphatic heterocycles. The molecular weight excluding hydrogens is 326 g/mol. The standard InChI is InChI=1S/C17H21N3O3S/c1-12-17(23-11-20(12)4)18-24(21,22)16-10-6-7-13-14(16)8-5-9-15(13)19(2)3/h5-10,18H,11H2,1-4H3. The predicted molar refractivity (Wildman–Crippen MR) is 95.0 cm³/mol. The average molecular weight is 347 g/mol. The van der Waals surface area contributed by atoms with E-state index >= 15 is 0 Å². The van der Waals surface area contributed by atoms with Crippen LogP contribution in [0.3, 0.4) is 0 Å². The van der Waals surface area contributed by atoms with Crippen molar-refractivity contribution in [2.45, 2.75) is 11.8 Å². The molecule has 0 radical (unpaired) electrons. The van der Waals surface area contributed by atoms with E-state index in [0.29, 0.717) is 12.1 Å². The molecule has 0 amide bonds. The van der Waals surface area contributed by atoms with Gasteiger partial charge in [-0.2, -0.15) is 0 Å². The Labute approximate surface area is 142 Å². The Morgan fingerprint density at radius 3 is 2.42 bits per heavy atom. The van der Waals surface area contributed by atoms with E-state index in [-0.39, 0.29) is 10.8 Å². The summed E-state index contributed by atoms with van der Waals surface area (Å²) >= 11 is 0. The van der Waals surface area contributed by atoms with Gasteiger partial charge in [0.15, 0.2) is 6.73 Å². The van der Waals surface area contributed by atoms with Crippen LogP contribution in [0.5, 0.6) is 0 Å². The van der Waals surface area contributed by atoms with Gasteiger partial charge in [0.1, 0.15) is 0 Å². The number of sulfonamides is 1. The van der Waals surface area contributed by atoms with Crippen molar-refractivity contribution in [3.05, 3.63) is 48.0 Å². The van der Waals surface area contributed by atoms with E-state index in [2.05, 4.69) is 4.72 Å². The van der Waals surface area contributed by atoms with Crippen LogP contribution in [0.2, 0.25) is 0 Å². The van der Waals surface area contributed by atoms with Gasteiger partial charge in [-0.3, -0.25) is 0 Å². The van der Waals surface area contributed by atoms with Crippen molar-refractivity contribution in [2.75, 3.05) is 32.8 Å². The molecule has 0 bridgehead atoms. The lowest BCUT2D eigenvalue weighted by Crippen LogP contribution is -2.24. The van der Waals surface area contributed by atoms with Crippen LogP contribution < -0.4 is 9.62 Å². The highest BCUT2D eigenvalue weighted by atomic mass is 32.2. The molecule has 0 aromatic heterocycles. The van der Waals surface area contributed by atoms with E-state index in [1.165, 1.54) is 0 Å². The molecule has 1 N–H and O–H groups in total. The second-order valence-corrected chi connectivity index (χ2v) is 7.67. The fourth-order valence-electron chi connectivity index (χ4n) is 2.71. The van der Waals surface area contributed by atoms with Crippen LogP contribution in [0.4, 0.5) is 5.69 Å². The highest BCUT2D eigenvalue weighted by Crippen LogP contribution is 2.30. The summed E-state index contributed by atoms with van der Waals surface area (Å²) in [5.41, 5.74) is 1.73. The maximum Gasteiger partial charge on any atom is 0.264 e. The van der Waals surface area contributed by atoms with Crippen molar-refractivity contribution in [1.82, 2.24) is 9.62 Å². The number of rotatable bonds is 4. The molecule has 0 saturated carbocycles. The number of benzene rings is 2. The molecule has 6 nitrogen and oxygen atoms in total. The van der Waals surface area contributed by atoms with Gasteiger partial charge in [0.05, 0.1) is 10.6 Å². The first-order valence-corrected chi connectivity index (χ1v) is 9.06. The zero-order valence-electron chi connectivity index (χ0n) is 14.2. The van der Waals surface area contributed by atoms with Crippen LogP contribution >= 0.6 is 0 Å². The minimum Gasteiger partial charge on any atom is -0.456 e. The van der Waals surface area contributed by atoms with E-state index < -0.39 is 10.0 Å². The first kappa shape index (κ1) is 16.4. The molecule has 128 valence electrons. The van der Waals surface area contributed by atoms with E-state index in [1.807, 2.05) is 62.1 Å². The third-order valence-corrected chi connectivity index (χ3v) is 5.55. The molecule has 3 rings (SSSR count). The summed E-state index contributed by atoms with van der Waals surface area (Å²) in [5.74, 6) is 0.276. The van der Waals surface area contributed by atoms with E-state index in [1.54, 1.807) is 12.1 Å². The monoisotopic (exact) mass is 347 g/mol. The van der Waals surface area contributed by atoms with Crippen molar-refractivity contribution in [1.29, 1.82) is 0 Å². The molecule has 2 aromatic rings. The molecule has 0 aliphatic carbocycles. The Bertz CT molecular complexity index is 920. The molecule has 1 heterocycles. The van der Waals surface area contributed by atoms with Crippen LogP contribution in [-0.2, 0) is 14.8 Å². The van der Waals surface area contributed by atoms with Gasteiger partial charge in [0.2, 0.25) is 5.88 Å². The minimum absolute atomic E-state index is 0.238. The fourth-order valence-corrected chi connectivity index (χ4v) is 3.99. The van der Waals surface area contributed by atoms with E-state index in [9.17, 15) is 8.42 Å². The highest BCUT2D eigenvalue weighted by molar-refractivity contribution is 7.89. The largest absolute Gasteiger partial charge is 0.456 e.